The maximum absolute atomic E-state index is 11.8. The summed E-state index contributed by atoms with van der Waals surface area (Å²) in [5.74, 6) is 0.303. The van der Waals surface area contributed by atoms with Crippen LogP contribution >= 0.6 is 15.9 Å². The van der Waals surface area contributed by atoms with Crippen molar-refractivity contribution in [3.63, 3.8) is 0 Å². The van der Waals surface area contributed by atoms with Gasteiger partial charge in [0, 0.05) is 5.69 Å². The van der Waals surface area contributed by atoms with E-state index in [1.807, 2.05) is 26.0 Å². The first-order valence-corrected chi connectivity index (χ1v) is 7.00. The summed E-state index contributed by atoms with van der Waals surface area (Å²) in [4.78, 5) is 11.7. The fraction of sp³-hybridized carbons (Fsp3) is 0.500. The first-order valence-electron chi connectivity index (χ1n) is 6.08. The highest BCUT2D eigenvalue weighted by atomic mass is 79.9. The van der Waals surface area contributed by atoms with Gasteiger partial charge in [-0.1, -0.05) is 55.3 Å². The molecule has 2 nitrogen and oxygen atoms in total. The van der Waals surface area contributed by atoms with Crippen molar-refractivity contribution in [1.82, 2.24) is 0 Å². The number of aryl methyl sites for hydroxylation is 1. The summed E-state index contributed by atoms with van der Waals surface area (Å²) >= 11 is 3.39. The van der Waals surface area contributed by atoms with Crippen LogP contribution in [0.25, 0.3) is 0 Å². The largest absolute Gasteiger partial charge is 0.325 e. The highest BCUT2D eigenvalue weighted by Gasteiger charge is 2.18. The maximum Gasteiger partial charge on any atom is 0.238 e. The van der Waals surface area contributed by atoms with E-state index in [2.05, 4.69) is 40.3 Å². The molecule has 1 rings (SSSR count). The van der Waals surface area contributed by atoms with Gasteiger partial charge in [0.1, 0.15) is 0 Å². The summed E-state index contributed by atoms with van der Waals surface area (Å²) in [5.41, 5.74) is 2.17. The zero-order valence-electron chi connectivity index (χ0n) is 10.7. The molecule has 0 spiro atoms. The molecule has 0 saturated carbocycles. The lowest BCUT2D eigenvalue weighted by Gasteiger charge is -2.14. The Bertz CT molecular complexity index is 359. The number of hydrogen-bond donors (Lipinski definition) is 1. The number of benzene rings is 1. The fourth-order valence-electron chi connectivity index (χ4n) is 1.56. The maximum atomic E-state index is 11.8. The molecule has 0 aliphatic rings. The van der Waals surface area contributed by atoms with Gasteiger partial charge in [0.15, 0.2) is 0 Å². The Morgan fingerprint density at radius 1 is 1.29 bits per heavy atom. The van der Waals surface area contributed by atoms with Crippen LogP contribution in [0.3, 0.4) is 0 Å². The van der Waals surface area contributed by atoms with Gasteiger partial charge in [-0.15, -0.1) is 0 Å². The van der Waals surface area contributed by atoms with E-state index >= 15 is 0 Å². The third-order valence-electron chi connectivity index (χ3n) is 2.60. The molecule has 0 aromatic heterocycles. The Kier molecular flexibility index (Phi) is 5.69. The van der Waals surface area contributed by atoms with Crippen LogP contribution in [0, 0.1) is 5.92 Å². The number of carbonyl (C=O) groups excluding carboxylic acids is 1. The molecule has 1 aromatic rings. The number of amides is 1. The number of hydrogen-bond acceptors (Lipinski definition) is 1. The molecule has 1 aromatic carbocycles. The first-order chi connectivity index (χ1) is 8.04. The molecule has 0 aliphatic heterocycles. The van der Waals surface area contributed by atoms with Gasteiger partial charge < -0.3 is 5.32 Å². The van der Waals surface area contributed by atoms with Gasteiger partial charge in [-0.3, -0.25) is 4.79 Å². The zero-order valence-corrected chi connectivity index (χ0v) is 12.3. The van der Waals surface area contributed by atoms with E-state index < -0.39 is 0 Å². The highest BCUT2D eigenvalue weighted by Crippen LogP contribution is 2.16. The highest BCUT2D eigenvalue weighted by molar-refractivity contribution is 9.10. The molecule has 1 unspecified atom stereocenters. The Labute approximate surface area is 112 Å². The lowest BCUT2D eigenvalue weighted by atomic mass is 10.1. The lowest BCUT2D eigenvalue weighted by molar-refractivity contribution is -0.116. The average molecular weight is 298 g/mol. The predicted octanol–water partition coefficient (Wildman–Crippen LogP) is 4.00. The normalized spacial score (nSPS) is 12.5. The molecule has 1 atom stereocenters. The van der Waals surface area contributed by atoms with Crippen molar-refractivity contribution in [2.75, 3.05) is 5.32 Å². The molecule has 0 radical (unpaired) electrons. The van der Waals surface area contributed by atoms with Crippen LogP contribution in [-0.4, -0.2) is 10.7 Å². The minimum atomic E-state index is -0.141. The number of rotatable bonds is 5. The Morgan fingerprint density at radius 2 is 1.88 bits per heavy atom. The Morgan fingerprint density at radius 3 is 2.35 bits per heavy atom. The Balaban J connectivity index is 2.60. The molecular formula is C14H20BrNO. The smallest absolute Gasteiger partial charge is 0.238 e. The van der Waals surface area contributed by atoms with Gasteiger partial charge in [0.25, 0.3) is 0 Å². The van der Waals surface area contributed by atoms with Crippen LogP contribution in [-0.2, 0) is 11.2 Å². The van der Waals surface area contributed by atoms with Crippen LogP contribution in [0.1, 0.15) is 32.8 Å². The van der Waals surface area contributed by atoms with E-state index in [1.165, 1.54) is 5.56 Å². The average Bonchev–Trinajstić information content (AvgIpc) is 2.30. The van der Waals surface area contributed by atoms with E-state index in [9.17, 15) is 4.79 Å². The molecule has 1 N–H and O–H groups in total. The number of halogens is 1. The number of nitrogens with one attached hydrogen (secondary N) is 1. The SMILES string of the molecule is CCCc1ccc(NC(=O)C(Br)C(C)C)cc1. The third kappa shape index (κ3) is 4.50. The molecule has 3 heteroatoms. The summed E-state index contributed by atoms with van der Waals surface area (Å²) in [6, 6.07) is 8.06. The summed E-state index contributed by atoms with van der Waals surface area (Å²) in [7, 11) is 0. The monoisotopic (exact) mass is 297 g/mol. The number of alkyl halides is 1. The van der Waals surface area contributed by atoms with Crippen molar-refractivity contribution in [1.29, 1.82) is 0 Å². The number of carbonyl (C=O) groups is 1. The molecule has 94 valence electrons. The molecule has 0 aliphatic carbocycles. The van der Waals surface area contributed by atoms with Gasteiger partial charge in [-0.25, -0.2) is 0 Å². The van der Waals surface area contributed by atoms with Crippen LogP contribution in [0.5, 0.6) is 0 Å². The van der Waals surface area contributed by atoms with Crippen molar-refractivity contribution in [3.8, 4) is 0 Å². The van der Waals surface area contributed by atoms with Gasteiger partial charge in [0.2, 0.25) is 5.91 Å². The lowest BCUT2D eigenvalue weighted by Crippen LogP contribution is -2.26. The van der Waals surface area contributed by atoms with Crippen molar-refractivity contribution in [2.24, 2.45) is 5.92 Å². The summed E-state index contributed by atoms with van der Waals surface area (Å²) in [6.45, 7) is 6.19. The molecular weight excluding hydrogens is 278 g/mol. The van der Waals surface area contributed by atoms with Gasteiger partial charge in [0.05, 0.1) is 4.83 Å². The van der Waals surface area contributed by atoms with Crippen LogP contribution in [0.2, 0.25) is 0 Å². The molecule has 0 bridgehead atoms. The summed E-state index contributed by atoms with van der Waals surface area (Å²) in [6.07, 6.45) is 2.23. The minimum absolute atomic E-state index is 0.0169. The van der Waals surface area contributed by atoms with E-state index in [0.29, 0.717) is 0 Å². The zero-order chi connectivity index (χ0) is 12.8. The van der Waals surface area contributed by atoms with Crippen molar-refractivity contribution >= 4 is 27.5 Å². The molecule has 0 saturated heterocycles. The molecule has 0 heterocycles. The topological polar surface area (TPSA) is 29.1 Å². The first kappa shape index (κ1) is 14.2. The fourth-order valence-corrected chi connectivity index (χ4v) is 1.67. The third-order valence-corrected chi connectivity index (χ3v) is 4.07. The Hall–Kier alpha value is -0.830. The van der Waals surface area contributed by atoms with Crippen molar-refractivity contribution < 1.29 is 4.79 Å². The van der Waals surface area contributed by atoms with Gasteiger partial charge in [-0.05, 0) is 30.0 Å². The van der Waals surface area contributed by atoms with Crippen molar-refractivity contribution in [3.05, 3.63) is 29.8 Å². The summed E-state index contributed by atoms with van der Waals surface area (Å²) < 4.78 is 0. The quantitative estimate of drug-likeness (QED) is 0.818. The second-order valence-electron chi connectivity index (χ2n) is 4.58. The second-order valence-corrected chi connectivity index (χ2v) is 5.57. The van der Waals surface area contributed by atoms with Crippen LogP contribution in [0.4, 0.5) is 5.69 Å². The van der Waals surface area contributed by atoms with Crippen LogP contribution in [0.15, 0.2) is 24.3 Å². The van der Waals surface area contributed by atoms with E-state index in [1.54, 1.807) is 0 Å². The molecule has 0 fully saturated rings. The number of anilines is 1. The standard InChI is InChI=1S/C14H20BrNO/c1-4-5-11-6-8-12(9-7-11)16-14(17)13(15)10(2)3/h6-10,13H,4-5H2,1-3H3,(H,16,17). The van der Waals surface area contributed by atoms with Crippen LogP contribution < -0.4 is 5.32 Å². The predicted molar refractivity (Wildman–Crippen MR) is 76.6 cm³/mol. The van der Waals surface area contributed by atoms with E-state index in [0.717, 1.165) is 18.5 Å². The second kappa shape index (κ2) is 6.80. The molecule has 17 heavy (non-hydrogen) atoms. The van der Waals surface area contributed by atoms with E-state index in [4.69, 9.17) is 0 Å². The molecule has 1 amide bonds. The van der Waals surface area contributed by atoms with Gasteiger partial charge in [-0.2, -0.15) is 0 Å². The minimum Gasteiger partial charge on any atom is -0.325 e. The van der Waals surface area contributed by atoms with Gasteiger partial charge >= 0.3 is 0 Å². The van der Waals surface area contributed by atoms with Crippen molar-refractivity contribution in [2.45, 2.75) is 38.4 Å². The van der Waals surface area contributed by atoms with E-state index in [-0.39, 0.29) is 16.7 Å². The summed E-state index contributed by atoms with van der Waals surface area (Å²) in [5, 5.41) is 2.91.